The Kier molecular flexibility index (Phi) is 5.63. The molecular formula is C34H27NO. The third kappa shape index (κ3) is 3.97. The van der Waals surface area contributed by atoms with Crippen LogP contribution in [-0.2, 0) is 0 Å². The summed E-state index contributed by atoms with van der Waals surface area (Å²) < 4.78 is 5.45. The molecule has 6 rings (SSSR count). The average molecular weight is 466 g/mol. The number of anilines is 3. The van der Waals surface area contributed by atoms with Gasteiger partial charge >= 0.3 is 0 Å². The Morgan fingerprint density at radius 1 is 0.556 bits per heavy atom. The molecule has 6 aromatic rings. The van der Waals surface area contributed by atoms with Gasteiger partial charge in [-0.05, 0) is 82.6 Å². The van der Waals surface area contributed by atoms with Crippen molar-refractivity contribution in [2.24, 2.45) is 0 Å². The van der Waals surface area contributed by atoms with Crippen LogP contribution in [-0.4, -0.2) is 7.11 Å². The molecule has 0 aliphatic heterocycles. The predicted octanol–water partition coefficient (Wildman–Crippen LogP) is 9.45. The monoisotopic (exact) mass is 465 g/mol. The third-order valence-electron chi connectivity index (χ3n) is 6.81. The minimum Gasteiger partial charge on any atom is -0.497 e. The molecule has 0 saturated carbocycles. The minimum absolute atomic E-state index is 0.843. The molecule has 0 spiro atoms. The first-order valence-electron chi connectivity index (χ1n) is 12.2. The minimum atomic E-state index is 0.843. The van der Waals surface area contributed by atoms with Gasteiger partial charge in [-0.1, -0.05) is 84.4 Å². The lowest BCUT2D eigenvalue weighted by Crippen LogP contribution is -2.11. The molecule has 0 aliphatic rings. The highest BCUT2D eigenvalue weighted by Crippen LogP contribution is 2.45. The largest absolute Gasteiger partial charge is 0.497 e. The Morgan fingerprint density at radius 3 is 1.89 bits per heavy atom. The summed E-state index contributed by atoms with van der Waals surface area (Å²) in [7, 11) is 1.70. The highest BCUT2D eigenvalue weighted by Gasteiger charge is 2.19. The van der Waals surface area contributed by atoms with E-state index in [1.165, 1.54) is 38.2 Å². The van der Waals surface area contributed by atoms with Crippen LogP contribution >= 0.6 is 0 Å². The smallest absolute Gasteiger partial charge is 0.119 e. The molecule has 0 N–H and O–H groups in total. The second kappa shape index (κ2) is 9.24. The van der Waals surface area contributed by atoms with E-state index in [1.54, 1.807) is 7.11 Å². The van der Waals surface area contributed by atoms with Gasteiger partial charge in [-0.3, -0.25) is 0 Å². The van der Waals surface area contributed by atoms with E-state index in [0.29, 0.717) is 0 Å². The van der Waals surface area contributed by atoms with E-state index in [9.17, 15) is 0 Å². The standard InChI is InChI=1S/C34H27NO/c1-24-11-16-29(17-12-24)35(30-18-20-31(36-2)21-19-30)33-22-15-26-8-5-6-10-32(26)34(33)28-14-13-25-7-3-4-9-27(25)23-28/h3-23H,1-2H3. The number of hydrogen-bond acceptors (Lipinski definition) is 2. The fraction of sp³-hybridized carbons (Fsp3) is 0.0588. The van der Waals surface area contributed by atoms with Crippen molar-refractivity contribution in [2.75, 3.05) is 12.0 Å². The summed E-state index contributed by atoms with van der Waals surface area (Å²) in [5.74, 6) is 0.843. The van der Waals surface area contributed by atoms with Crippen molar-refractivity contribution in [1.29, 1.82) is 0 Å². The molecule has 6 aromatic carbocycles. The summed E-state index contributed by atoms with van der Waals surface area (Å²) in [6.45, 7) is 2.12. The number of benzene rings is 6. The molecule has 0 saturated heterocycles. The van der Waals surface area contributed by atoms with Gasteiger partial charge in [0.05, 0.1) is 12.8 Å². The van der Waals surface area contributed by atoms with Gasteiger partial charge in [-0.2, -0.15) is 0 Å². The highest BCUT2D eigenvalue weighted by atomic mass is 16.5. The molecule has 2 nitrogen and oxygen atoms in total. The number of methoxy groups -OCH3 is 1. The molecule has 0 heterocycles. The van der Waals surface area contributed by atoms with Crippen LogP contribution in [0.15, 0.2) is 127 Å². The molecule has 0 bridgehead atoms. The average Bonchev–Trinajstić information content (AvgIpc) is 2.94. The Labute approximate surface area is 212 Å². The zero-order valence-corrected chi connectivity index (χ0v) is 20.5. The molecule has 0 atom stereocenters. The number of fused-ring (bicyclic) bond motifs is 2. The Morgan fingerprint density at radius 2 is 1.17 bits per heavy atom. The van der Waals surface area contributed by atoms with Crippen molar-refractivity contribution in [1.82, 2.24) is 0 Å². The zero-order valence-electron chi connectivity index (χ0n) is 20.5. The van der Waals surface area contributed by atoms with Crippen molar-refractivity contribution in [3.63, 3.8) is 0 Å². The van der Waals surface area contributed by atoms with Gasteiger partial charge in [0.1, 0.15) is 5.75 Å². The van der Waals surface area contributed by atoms with Crippen LogP contribution in [0.4, 0.5) is 17.1 Å². The zero-order chi connectivity index (χ0) is 24.5. The van der Waals surface area contributed by atoms with Crippen LogP contribution in [0.25, 0.3) is 32.7 Å². The van der Waals surface area contributed by atoms with Crippen LogP contribution in [0, 0.1) is 6.92 Å². The van der Waals surface area contributed by atoms with Gasteiger partial charge < -0.3 is 9.64 Å². The number of ether oxygens (including phenoxy) is 1. The summed E-state index contributed by atoms with van der Waals surface area (Å²) in [5, 5.41) is 4.94. The topological polar surface area (TPSA) is 12.5 Å². The Bertz CT molecular complexity index is 1670. The SMILES string of the molecule is COc1ccc(N(c2ccc(C)cc2)c2ccc3ccccc3c2-c2ccc3ccccc3c2)cc1. The first kappa shape index (κ1) is 21.9. The fourth-order valence-electron chi connectivity index (χ4n) is 4.95. The summed E-state index contributed by atoms with van der Waals surface area (Å²) in [4.78, 5) is 2.34. The van der Waals surface area contributed by atoms with Crippen LogP contribution in [0.1, 0.15) is 5.56 Å². The summed E-state index contributed by atoms with van der Waals surface area (Å²) >= 11 is 0. The van der Waals surface area contributed by atoms with Gasteiger partial charge in [0, 0.05) is 16.9 Å². The molecule has 36 heavy (non-hydrogen) atoms. The normalized spacial score (nSPS) is 11.1. The summed E-state index contributed by atoms with van der Waals surface area (Å²) in [6.07, 6.45) is 0. The van der Waals surface area contributed by atoms with E-state index in [4.69, 9.17) is 4.74 Å². The fourth-order valence-corrected chi connectivity index (χ4v) is 4.95. The van der Waals surface area contributed by atoms with Gasteiger partial charge in [-0.25, -0.2) is 0 Å². The molecule has 0 aliphatic carbocycles. The molecule has 0 radical (unpaired) electrons. The lowest BCUT2D eigenvalue weighted by Gasteiger charge is -2.29. The molecule has 0 fully saturated rings. The quantitative estimate of drug-likeness (QED) is 0.251. The van der Waals surface area contributed by atoms with E-state index in [-0.39, 0.29) is 0 Å². The second-order valence-electron chi connectivity index (χ2n) is 9.11. The van der Waals surface area contributed by atoms with Gasteiger partial charge in [-0.15, -0.1) is 0 Å². The molecule has 0 unspecified atom stereocenters. The van der Waals surface area contributed by atoms with Gasteiger partial charge in [0.2, 0.25) is 0 Å². The number of nitrogens with zero attached hydrogens (tertiary/aromatic N) is 1. The van der Waals surface area contributed by atoms with Crippen LogP contribution < -0.4 is 9.64 Å². The molecule has 2 heteroatoms. The first-order valence-corrected chi connectivity index (χ1v) is 12.2. The van der Waals surface area contributed by atoms with Crippen LogP contribution in [0.2, 0.25) is 0 Å². The molecule has 174 valence electrons. The Balaban J connectivity index is 1.65. The number of hydrogen-bond donors (Lipinski definition) is 0. The maximum Gasteiger partial charge on any atom is 0.119 e. The second-order valence-corrected chi connectivity index (χ2v) is 9.11. The third-order valence-corrected chi connectivity index (χ3v) is 6.81. The predicted molar refractivity (Wildman–Crippen MR) is 153 cm³/mol. The van der Waals surface area contributed by atoms with E-state index in [0.717, 1.165) is 22.8 Å². The lowest BCUT2D eigenvalue weighted by atomic mass is 9.93. The molecule has 0 aromatic heterocycles. The van der Waals surface area contributed by atoms with Crippen molar-refractivity contribution >= 4 is 38.6 Å². The molecular weight excluding hydrogens is 438 g/mol. The van der Waals surface area contributed by atoms with Gasteiger partial charge in [0.15, 0.2) is 0 Å². The Hall–Kier alpha value is -4.56. The van der Waals surface area contributed by atoms with Gasteiger partial charge in [0.25, 0.3) is 0 Å². The van der Waals surface area contributed by atoms with E-state index in [2.05, 4.69) is 127 Å². The van der Waals surface area contributed by atoms with Crippen molar-refractivity contribution in [3.05, 3.63) is 133 Å². The first-order chi connectivity index (χ1) is 17.7. The lowest BCUT2D eigenvalue weighted by molar-refractivity contribution is 0.415. The number of aryl methyl sites for hydroxylation is 1. The highest BCUT2D eigenvalue weighted by molar-refractivity contribution is 6.06. The summed E-state index contributed by atoms with van der Waals surface area (Å²) in [5.41, 5.74) is 6.99. The van der Waals surface area contributed by atoms with E-state index < -0.39 is 0 Å². The van der Waals surface area contributed by atoms with E-state index in [1.807, 2.05) is 12.1 Å². The molecule has 0 amide bonds. The maximum absolute atomic E-state index is 5.45. The van der Waals surface area contributed by atoms with Crippen LogP contribution in [0.5, 0.6) is 5.75 Å². The van der Waals surface area contributed by atoms with E-state index >= 15 is 0 Å². The summed E-state index contributed by atoms with van der Waals surface area (Å²) in [6, 6.07) is 45.4. The van der Waals surface area contributed by atoms with Crippen LogP contribution in [0.3, 0.4) is 0 Å². The van der Waals surface area contributed by atoms with Crippen molar-refractivity contribution in [3.8, 4) is 16.9 Å². The van der Waals surface area contributed by atoms with Crippen molar-refractivity contribution < 1.29 is 4.74 Å². The maximum atomic E-state index is 5.45. The van der Waals surface area contributed by atoms with Crippen molar-refractivity contribution in [2.45, 2.75) is 6.92 Å². The number of rotatable bonds is 5.